The van der Waals surface area contributed by atoms with E-state index in [0.29, 0.717) is 0 Å². The Balaban J connectivity index is 2.82. The number of rotatable bonds is 6. The molecule has 0 unspecified atom stereocenters. The van der Waals surface area contributed by atoms with Crippen LogP contribution in [0, 0.1) is 0 Å². The molecule has 9 heteroatoms. The number of aliphatic hydroxyl groups is 2. The SMILES string of the molecule is C[NH2+]CC(=O)N[C@@H]1C=C(C(=O)N[C@H](C)C(N)=O)C[C@@H](O)[C@@H]1O. The maximum absolute atomic E-state index is 12.0. The molecular weight excluding hydrogens is 292 g/mol. The summed E-state index contributed by atoms with van der Waals surface area (Å²) in [5, 5.41) is 26.3. The number of carbonyl (C=O) groups excluding carboxylic acids is 3. The topological polar surface area (TPSA) is 158 Å². The lowest BCUT2D eigenvalue weighted by atomic mass is 9.90. The minimum atomic E-state index is -1.20. The summed E-state index contributed by atoms with van der Waals surface area (Å²) < 4.78 is 0. The van der Waals surface area contributed by atoms with Crippen molar-refractivity contribution in [1.29, 1.82) is 0 Å². The highest BCUT2D eigenvalue weighted by molar-refractivity contribution is 5.97. The van der Waals surface area contributed by atoms with Crippen molar-refractivity contribution in [3.63, 3.8) is 0 Å². The third kappa shape index (κ3) is 4.79. The second kappa shape index (κ2) is 7.87. The molecule has 1 aliphatic carbocycles. The number of primary amides is 1. The highest BCUT2D eigenvalue weighted by atomic mass is 16.3. The minimum absolute atomic E-state index is 0.0786. The molecule has 0 aromatic heterocycles. The van der Waals surface area contributed by atoms with E-state index in [1.165, 1.54) is 13.0 Å². The fourth-order valence-corrected chi connectivity index (χ4v) is 2.05. The van der Waals surface area contributed by atoms with Gasteiger partial charge < -0.3 is 31.9 Å². The van der Waals surface area contributed by atoms with Gasteiger partial charge in [0.1, 0.15) is 12.1 Å². The summed E-state index contributed by atoms with van der Waals surface area (Å²) in [4.78, 5) is 34.6. The molecule has 0 aliphatic heterocycles. The van der Waals surface area contributed by atoms with Crippen LogP contribution in [0.1, 0.15) is 13.3 Å². The van der Waals surface area contributed by atoms with Gasteiger partial charge >= 0.3 is 0 Å². The van der Waals surface area contributed by atoms with Gasteiger partial charge in [-0.15, -0.1) is 0 Å². The van der Waals surface area contributed by atoms with Crippen molar-refractivity contribution in [2.24, 2.45) is 5.73 Å². The molecule has 0 saturated carbocycles. The maximum atomic E-state index is 12.0. The van der Waals surface area contributed by atoms with Gasteiger partial charge in [-0.1, -0.05) is 6.08 Å². The molecule has 0 bridgehead atoms. The Hall–Kier alpha value is -1.97. The fraction of sp³-hybridized carbons (Fsp3) is 0.615. The van der Waals surface area contributed by atoms with E-state index in [2.05, 4.69) is 10.6 Å². The zero-order valence-electron chi connectivity index (χ0n) is 12.6. The highest BCUT2D eigenvalue weighted by Crippen LogP contribution is 2.20. The quantitative estimate of drug-likeness (QED) is 0.292. The van der Waals surface area contributed by atoms with Gasteiger partial charge in [-0.05, 0) is 6.92 Å². The van der Waals surface area contributed by atoms with Crippen LogP contribution in [0.2, 0.25) is 0 Å². The molecule has 0 aromatic carbocycles. The van der Waals surface area contributed by atoms with Crippen molar-refractivity contribution >= 4 is 17.7 Å². The third-order valence-corrected chi connectivity index (χ3v) is 3.36. The summed E-state index contributed by atoms with van der Waals surface area (Å²) in [7, 11) is 1.71. The predicted molar refractivity (Wildman–Crippen MR) is 76.2 cm³/mol. The molecule has 9 nitrogen and oxygen atoms in total. The number of carbonyl (C=O) groups is 3. The molecule has 0 radical (unpaired) electrons. The summed E-state index contributed by atoms with van der Waals surface area (Å²) in [6.45, 7) is 1.60. The van der Waals surface area contributed by atoms with Gasteiger partial charge in [0.2, 0.25) is 11.8 Å². The normalized spacial score (nSPS) is 25.8. The average molecular weight is 315 g/mol. The number of quaternary nitrogens is 1. The van der Waals surface area contributed by atoms with Crippen LogP contribution < -0.4 is 21.7 Å². The van der Waals surface area contributed by atoms with E-state index in [4.69, 9.17) is 5.73 Å². The molecule has 22 heavy (non-hydrogen) atoms. The Bertz CT molecular complexity index is 479. The monoisotopic (exact) mass is 315 g/mol. The maximum Gasteiger partial charge on any atom is 0.275 e. The van der Waals surface area contributed by atoms with Gasteiger partial charge in [-0.25, -0.2) is 0 Å². The van der Waals surface area contributed by atoms with Gasteiger partial charge in [0, 0.05) is 12.0 Å². The van der Waals surface area contributed by atoms with Gasteiger partial charge in [0.05, 0.1) is 19.2 Å². The van der Waals surface area contributed by atoms with Crippen molar-refractivity contribution in [3.05, 3.63) is 11.6 Å². The van der Waals surface area contributed by atoms with Crippen molar-refractivity contribution < 1.29 is 29.9 Å². The summed E-state index contributed by atoms with van der Waals surface area (Å²) in [6.07, 6.45) is -1.09. The van der Waals surface area contributed by atoms with Crippen LogP contribution in [-0.2, 0) is 14.4 Å². The van der Waals surface area contributed by atoms with Crippen LogP contribution in [0.15, 0.2) is 11.6 Å². The molecule has 3 amide bonds. The van der Waals surface area contributed by atoms with Crippen LogP contribution in [-0.4, -0.2) is 65.8 Å². The number of hydrogen-bond acceptors (Lipinski definition) is 5. The Morgan fingerprint density at radius 1 is 1.45 bits per heavy atom. The minimum Gasteiger partial charge on any atom is -0.390 e. The van der Waals surface area contributed by atoms with Crippen LogP contribution in [0.25, 0.3) is 0 Å². The molecule has 0 fully saturated rings. The van der Waals surface area contributed by atoms with E-state index in [1.54, 1.807) is 12.4 Å². The van der Waals surface area contributed by atoms with Crippen molar-refractivity contribution in [1.82, 2.24) is 10.6 Å². The second-order valence-corrected chi connectivity index (χ2v) is 5.26. The summed E-state index contributed by atoms with van der Waals surface area (Å²) in [5.74, 6) is -1.59. The van der Waals surface area contributed by atoms with Crippen molar-refractivity contribution in [2.45, 2.75) is 37.6 Å². The van der Waals surface area contributed by atoms with Crippen LogP contribution in [0.4, 0.5) is 0 Å². The first kappa shape index (κ1) is 18.1. The molecule has 124 valence electrons. The van der Waals surface area contributed by atoms with Gasteiger partial charge in [-0.3, -0.25) is 14.4 Å². The summed E-state index contributed by atoms with van der Waals surface area (Å²) in [5.41, 5.74) is 5.24. The molecule has 8 N–H and O–H groups in total. The first-order chi connectivity index (χ1) is 10.3. The molecule has 1 aliphatic rings. The number of nitrogens with two attached hydrogens (primary N) is 2. The number of hydrogen-bond donors (Lipinski definition) is 6. The van der Waals surface area contributed by atoms with Crippen molar-refractivity contribution in [2.75, 3.05) is 13.6 Å². The van der Waals surface area contributed by atoms with E-state index in [-0.39, 0.29) is 24.4 Å². The standard InChI is InChI=1S/C13H22N4O5/c1-6(12(14)21)16-13(22)7-3-8(11(20)9(18)4-7)17-10(19)5-15-2/h3,6,8-9,11,15,18,20H,4-5H2,1-2H3,(H2,14,21)(H,16,22)(H,17,19)/p+1/t6-,8-,9-,11-/m1/s1. The van der Waals surface area contributed by atoms with Gasteiger partial charge in [0.25, 0.3) is 5.91 Å². The van der Waals surface area contributed by atoms with E-state index in [9.17, 15) is 24.6 Å². The van der Waals surface area contributed by atoms with E-state index in [0.717, 1.165) is 0 Å². The van der Waals surface area contributed by atoms with Crippen LogP contribution in [0.3, 0.4) is 0 Å². The zero-order valence-corrected chi connectivity index (χ0v) is 12.6. The lowest BCUT2D eigenvalue weighted by Gasteiger charge is -2.31. The van der Waals surface area contributed by atoms with Crippen LogP contribution in [0.5, 0.6) is 0 Å². The first-order valence-corrected chi connectivity index (χ1v) is 7.00. The zero-order chi connectivity index (χ0) is 16.9. The molecule has 1 rings (SSSR count). The van der Waals surface area contributed by atoms with E-state index >= 15 is 0 Å². The Morgan fingerprint density at radius 2 is 2.09 bits per heavy atom. The Morgan fingerprint density at radius 3 is 2.64 bits per heavy atom. The Kier molecular flexibility index (Phi) is 6.47. The van der Waals surface area contributed by atoms with E-state index < -0.39 is 36.1 Å². The lowest BCUT2D eigenvalue weighted by molar-refractivity contribution is -0.615. The molecule has 0 aromatic rings. The summed E-state index contributed by atoms with van der Waals surface area (Å²) in [6, 6.07) is -1.74. The second-order valence-electron chi connectivity index (χ2n) is 5.26. The lowest BCUT2D eigenvalue weighted by Crippen LogP contribution is -2.82. The number of likely N-dealkylation sites (N-methyl/N-ethyl adjacent to an activating group) is 1. The molecule has 0 spiro atoms. The molecule has 0 heterocycles. The van der Waals surface area contributed by atoms with Crippen molar-refractivity contribution in [3.8, 4) is 0 Å². The molecule has 0 saturated heterocycles. The average Bonchev–Trinajstić information content (AvgIpc) is 2.43. The van der Waals surface area contributed by atoms with Gasteiger partial charge in [-0.2, -0.15) is 0 Å². The fourth-order valence-electron chi connectivity index (χ4n) is 2.05. The molecule has 4 atom stereocenters. The van der Waals surface area contributed by atoms with Crippen LogP contribution >= 0.6 is 0 Å². The smallest absolute Gasteiger partial charge is 0.275 e. The summed E-state index contributed by atoms with van der Waals surface area (Å²) >= 11 is 0. The van der Waals surface area contributed by atoms with Gasteiger partial charge in [0.15, 0.2) is 6.54 Å². The highest BCUT2D eigenvalue weighted by Gasteiger charge is 2.34. The number of amides is 3. The third-order valence-electron chi connectivity index (χ3n) is 3.36. The number of nitrogens with one attached hydrogen (secondary N) is 2. The largest absolute Gasteiger partial charge is 0.390 e. The first-order valence-electron chi connectivity index (χ1n) is 7.00. The number of aliphatic hydroxyl groups excluding tert-OH is 2. The predicted octanol–water partition coefficient (Wildman–Crippen LogP) is -4.29. The van der Waals surface area contributed by atoms with E-state index in [1.807, 2.05) is 0 Å². The molecular formula is C13H23N4O5+. The Labute approximate surface area is 127 Å².